The predicted molar refractivity (Wildman–Crippen MR) is 325 cm³/mol. The molecule has 420 valence electrons. The zero-order valence-corrected chi connectivity index (χ0v) is 48.0. The van der Waals surface area contributed by atoms with Crippen molar-refractivity contribution in [2.24, 2.45) is 0 Å². The number of hydrogen-bond donors (Lipinski definition) is 0. The lowest BCUT2D eigenvalue weighted by molar-refractivity contribution is -0.166. The van der Waals surface area contributed by atoms with Gasteiger partial charge in [0.05, 0.1) is 6.42 Å². The van der Waals surface area contributed by atoms with Gasteiger partial charge in [0, 0.05) is 12.8 Å². The maximum Gasteiger partial charge on any atom is 0.310 e. The highest BCUT2D eigenvalue weighted by Gasteiger charge is 2.19. The molecule has 0 radical (unpaired) electrons. The van der Waals surface area contributed by atoms with Crippen molar-refractivity contribution in [3.8, 4) is 0 Å². The van der Waals surface area contributed by atoms with Gasteiger partial charge in [-0.3, -0.25) is 14.4 Å². The van der Waals surface area contributed by atoms with E-state index in [2.05, 4.69) is 167 Å². The van der Waals surface area contributed by atoms with E-state index in [9.17, 15) is 14.4 Å². The highest BCUT2D eigenvalue weighted by molar-refractivity contribution is 5.72. The second kappa shape index (κ2) is 61.6. The van der Waals surface area contributed by atoms with Crippen LogP contribution in [0.2, 0.25) is 0 Å². The molecule has 0 aliphatic carbocycles. The molecule has 6 nitrogen and oxygen atoms in total. The lowest BCUT2D eigenvalue weighted by Gasteiger charge is -2.18. The van der Waals surface area contributed by atoms with Gasteiger partial charge in [0.1, 0.15) is 13.2 Å². The second-order valence-electron chi connectivity index (χ2n) is 19.2. The number of hydrogen-bond acceptors (Lipinski definition) is 6. The molecule has 0 N–H and O–H groups in total. The minimum Gasteiger partial charge on any atom is -0.462 e. The Morgan fingerprint density at radius 1 is 0.293 bits per heavy atom. The molecule has 0 rings (SSSR count). The second-order valence-corrected chi connectivity index (χ2v) is 19.2. The van der Waals surface area contributed by atoms with Crippen LogP contribution in [-0.2, 0) is 28.6 Å². The van der Waals surface area contributed by atoms with Crippen LogP contribution in [-0.4, -0.2) is 37.2 Å². The van der Waals surface area contributed by atoms with Crippen molar-refractivity contribution in [1.29, 1.82) is 0 Å². The minimum atomic E-state index is -0.849. The lowest BCUT2D eigenvalue weighted by Crippen LogP contribution is -2.30. The number of carbonyl (C=O) groups excluding carboxylic acids is 3. The van der Waals surface area contributed by atoms with Crippen molar-refractivity contribution < 1.29 is 28.6 Å². The minimum absolute atomic E-state index is 0.0852. The summed E-state index contributed by atoms with van der Waals surface area (Å²) in [6, 6.07) is 0. The van der Waals surface area contributed by atoms with E-state index in [1.54, 1.807) is 6.08 Å². The smallest absolute Gasteiger partial charge is 0.310 e. The van der Waals surface area contributed by atoms with Crippen LogP contribution in [0.15, 0.2) is 158 Å². The van der Waals surface area contributed by atoms with Crippen molar-refractivity contribution >= 4 is 17.9 Å². The fraction of sp³-hybridized carbons (Fsp3) is 0.580. The highest BCUT2D eigenvalue weighted by atomic mass is 16.6. The summed E-state index contributed by atoms with van der Waals surface area (Å²) in [5.41, 5.74) is 0. The SMILES string of the molecule is CC/C=C\C/C=C\C/C=C\C/C=C\C/C=C\C/C=C\C/C=C\C/C=C\CCCCCCC(=O)OCC(COC(=O)CCCCCCCCCCCCCCC)OC(=O)C/C=C\C/C=C\C/C=C\C/C=C\C/C=C\CC. The van der Waals surface area contributed by atoms with E-state index in [4.69, 9.17) is 14.2 Å². The van der Waals surface area contributed by atoms with E-state index < -0.39 is 12.1 Å². The van der Waals surface area contributed by atoms with Crippen LogP contribution >= 0.6 is 0 Å². The molecule has 0 amide bonds. The average molecular weight is 1030 g/mol. The number of carbonyl (C=O) groups is 3. The van der Waals surface area contributed by atoms with Crippen molar-refractivity contribution in [3.05, 3.63) is 158 Å². The van der Waals surface area contributed by atoms with Gasteiger partial charge in [-0.15, -0.1) is 0 Å². The van der Waals surface area contributed by atoms with E-state index in [-0.39, 0.29) is 31.6 Å². The molecular formula is C69H108O6. The van der Waals surface area contributed by atoms with Gasteiger partial charge in [0.2, 0.25) is 0 Å². The van der Waals surface area contributed by atoms with Gasteiger partial charge in [-0.25, -0.2) is 0 Å². The Labute approximate surface area is 460 Å². The molecule has 0 aromatic carbocycles. The van der Waals surface area contributed by atoms with E-state index >= 15 is 0 Å². The molecular weight excluding hydrogens is 925 g/mol. The first kappa shape index (κ1) is 70.0. The van der Waals surface area contributed by atoms with E-state index in [1.807, 2.05) is 6.08 Å². The quantitative estimate of drug-likeness (QED) is 0.0261. The molecule has 1 atom stereocenters. The summed E-state index contributed by atoms with van der Waals surface area (Å²) in [5, 5.41) is 0. The van der Waals surface area contributed by atoms with Crippen LogP contribution < -0.4 is 0 Å². The summed E-state index contributed by atoms with van der Waals surface area (Å²) >= 11 is 0. The molecule has 0 saturated heterocycles. The highest BCUT2D eigenvalue weighted by Crippen LogP contribution is 2.14. The molecule has 1 unspecified atom stereocenters. The summed E-state index contributed by atoms with van der Waals surface area (Å²) in [6.07, 6.45) is 89.8. The molecule has 0 aliphatic rings. The summed E-state index contributed by atoms with van der Waals surface area (Å²) in [4.78, 5) is 38.1. The predicted octanol–water partition coefficient (Wildman–Crippen LogP) is 20.5. The molecule has 0 aromatic heterocycles. The molecule has 0 saturated carbocycles. The summed E-state index contributed by atoms with van der Waals surface area (Å²) in [7, 11) is 0. The third-order valence-corrected chi connectivity index (χ3v) is 12.1. The van der Waals surface area contributed by atoms with E-state index in [1.165, 1.54) is 64.2 Å². The molecule has 75 heavy (non-hydrogen) atoms. The Morgan fingerprint density at radius 2 is 0.560 bits per heavy atom. The number of ether oxygens (including phenoxy) is 3. The van der Waals surface area contributed by atoms with Crippen LogP contribution in [0.4, 0.5) is 0 Å². The van der Waals surface area contributed by atoms with Gasteiger partial charge in [-0.2, -0.15) is 0 Å². The number of unbranched alkanes of at least 4 members (excludes halogenated alkanes) is 16. The topological polar surface area (TPSA) is 78.9 Å². The monoisotopic (exact) mass is 1030 g/mol. The first-order chi connectivity index (χ1) is 37.0. The van der Waals surface area contributed by atoms with Gasteiger partial charge in [0.15, 0.2) is 6.10 Å². The van der Waals surface area contributed by atoms with Gasteiger partial charge < -0.3 is 14.2 Å². The van der Waals surface area contributed by atoms with E-state index in [0.717, 1.165) is 128 Å². The van der Waals surface area contributed by atoms with Gasteiger partial charge in [-0.1, -0.05) is 269 Å². The standard InChI is InChI=1S/C69H108O6/c1-4-7-10-13-16-19-22-25-27-28-29-30-31-32-33-34-35-36-37-38-39-40-42-44-47-50-53-56-59-62-68(71)74-65-66(64-73-67(70)61-58-55-52-49-46-43-24-21-18-15-12-9-6-3)75-69(72)63-60-57-54-51-48-45-41-26-23-20-17-14-11-8-5-2/h7-8,10-11,16-17,19-20,25-27,29-30,32-33,35-36,38-39,41-42,44,48,51,57,60,66H,4-6,9,12-15,18,21-24,28,31,34,37,40,43,45-47,49-50,52-56,58-59,61-65H2,1-3H3/b10-7-,11-8-,19-16-,20-17-,27-25-,30-29-,33-32-,36-35-,39-38-,41-26-,44-42-,51-48-,60-57-. The van der Waals surface area contributed by atoms with Gasteiger partial charge in [-0.05, 0) is 109 Å². The summed E-state index contributed by atoms with van der Waals surface area (Å²) in [6.45, 7) is 6.29. The summed E-state index contributed by atoms with van der Waals surface area (Å²) in [5.74, 6) is -1.09. The Kier molecular flexibility index (Phi) is 57.5. The maximum atomic E-state index is 12.8. The van der Waals surface area contributed by atoms with Crippen molar-refractivity contribution in [2.75, 3.05) is 13.2 Å². The molecule has 0 aromatic rings. The Morgan fingerprint density at radius 3 is 0.880 bits per heavy atom. The molecule has 6 heteroatoms. The van der Waals surface area contributed by atoms with Gasteiger partial charge >= 0.3 is 17.9 Å². The first-order valence-corrected chi connectivity index (χ1v) is 30.0. The Bertz CT molecular complexity index is 1710. The molecule has 0 heterocycles. The first-order valence-electron chi connectivity index (χ1n) is 30.0. The average Bonchev–Trinajstić information content (AvgIpc) is 3.41. The molecule has 0 fully saturated rings. The van der Waals surface area contributed by atoms with E-state index in [0.29, 0.717) is 19.3 Å². The van der Waals surface area contributed by atoms with Gasteiger partial charge in [0.25, 0.3) is 0 Å². The zero-order valence-electron chi connectivity index (χ0n) is 48.0. The maximum absolute atomic E-state index is 12.8. The third kappa shape index (κ3) is 59.8. The zero-order chi connectivity index (χ0) is 54.3. The van der Waals surface area contributed by atoms with Crippen LogP contribution in [0.3, 0.4) is 0 Å². The van der Waals surface area contributed by atoms with Crippen LogP contribution in [0.5, 0.6) is 0 Å². The third-order valence-electron chi connectivity index (χ3n) is 12.1. The fourth-order valence-electron chi connectivity index (χ4n) is 7.65. The number of esters is 3. The largest absolute Gasteiger partial charge is 0.462 e. The fourth-order valence-corrected chi connectivity index (χ4v) is 7.65. The van der Waals surface area contributed by atoms with Crippen LogP contribution in [0.1, 0.15) is 239 Å². The molecule has 0 bridgehead atoms. The molecule has 0 aliphatic heterocycles. The number of allylic oxidation sites excluding steroid dienone is 25. The number of rotatable bonds is 52. The normalized spacial score (nSPS) is 13.3. The van der Waals surface area contributed by atoms with Crippen molar-refractivity contribution in [3.63, 3.8) is 0 Å². The van der Waals surface area contributed by atoms with Crippen molar-refractivity contribution in [1.82, 2.24) is 0 Å². The Hall–Kier alpha value is -4.97. The molecule has 0 spiro atoms. The Balaban J connectivity index is 4.46. The lowest BCUT2D eigenvalue weighted by atomic mass is 10.0. The van der Waals surface area contributed by atoms with Crippen LogP contribution in [0, 0.1) is 0 Å². The van der Waals surface area contributed by atoms with Crippen LogP contribution in [0.25, 0.3) is 0 Å². The summed E-state index contributed by atoms with van der Waals surface area (Å²) < 4.78 is 16.7. The van der Waals surface area contributed by atoms with Crippen molar-refractivity contribution in [2.45, 2.75) is 245 Å².